The highest BCUT2D eigenvalue weighted by molar-refractivity contribution is 6.43. The van der Waals surface area contributed by atoms with E-state index in [9.17, 15) is 0 Å². The number of pyridine rings is 1. The van der Waals surface area contributed by atoms with Gasteiger partial charge in [-0.05, 0) is 31.2 Å². The third kappa shape index (κ3) is 4.24. The fourth-order valence-electron chi connectivity index (χ4n) is 1.78. The molecule has 0 unspecified atom stereocenters. The fraction of sp³-hybridized carbons (Fsp3) is 0.267. The standard InChI is InChI=1S/C15H15Cl3N2O/c1-3-19-7-10-4-9(2)15(20-8-10)21-14-6-12(17)11(16)5-13(14)18/h4-6,8,19H,3,7H2,1-2H3. The Morgan fingerprint density at radius 3 is 2.48 bits per heavy atom. The lowest BCUT2D eigenvalue weighted by atomic mass is 10.2. The Hall–Kier alpha value is -1.00. The molecule has 2 aromatic rings. The van der Waals surface area contributed by atoms with Crippen LogP contribution < -0.4 is 10.1 Å². The lowest BCUT2D eigenvalue weighted by Crippen LogP contribution is -2.12. The number of aromatic nitrogens is 1. The maximum absolute atomic E-state index is 6.10. The Kier molecular flexibility index (Phi) is 5.71. The molecular weight excluding hydrogens is 331 g/mol. The summed E-state index contributed by atoms with van der Waals surface area (Å²) in [6.45, 7) is 5.68. The van der Waals surface area contributed by atoms with E-state index >= 15 is 0 Å². The summed E-state index contributed by atoms with van der Waals surface area (Å²) in [4.78, 5) is 4.32. The molecule has 0 fully saturated rings. The number of rotatable bonds is 5. The molecule has 1 heterocycles. The van der Waals surface area contributed by atoms with Crippen molar-refractivity contribution in [2.75, 3.05) is 6.54 Å². The SMILES string of the molecule is CCNCc1cnc(Oc2cc(Cl)c(Cl)cc2Cl)c(C)c1. The summed E-state index contributed by atoms with van der Waals surface area (Å²) in [7, 11) is 0. The van der Waals surface area contributed by atoms with Crippen molar-refractivity contribution in [2.24, 2.45) is 0 Å². The van der Waals surface area contributed by atoms with Crippen LogP contribution in [0.5, 0.6) is 11.6 Å². The lowest BCUT2D eigenvalue weighted by Gasteiger charge is -2.11. The predicted octanol–water partition coefficient (Wildman–Crippen LogP) is 5.25. The highest BCUT2D eigenvalue weighted by Gasteiger charge is 2.11. The summed E-state index contributed by atoms with van der Waals surface area (Å²) < 4.78 is 5.73. The van der Waals surface area contributed by atoms with Crippen LogP contribution in [0.4, 0.5) is 0 Å². The molecule has 0 bridgehead atoms. The minimum atomic E-state index is 0.387. The Morgan fingerprint density at radius 1 is 1.10 bits per heavy atom. The van der Waals surface area contributed by atoms with Crippen molar-refractivity contribution < 1.29 is 4.74 Å². The Balaban J connectivity index is 2.22. The van der Waals surface area contributed by atoms with Gasteiger partial charge in [0.1, 0.15) is 5.75 Å². The number of aryl methyl sites for hydroxylation is 1. The first-order chi connectivity index (χ1) is 10.0. The highest BCUT2D eigenvalue weighted by Crippen LogP contribution is 2.36. The molecule has 0 radical (unpaired) electrons. The smallest absolute Gasteiger partial charge is 0.222 e. The third-order valence-electron chi connectivity index (χ3n) is 2.85. The van der Waals surface area contributed by atoms with Gasteiger partial charge < -0.3 is 10.1 Å². The van der Waals surface area contributed by atoms with E-state index in [2.05, 4.69) is 17.2 Å². The lowest BCUT2D eigenvalue weighted by molar-refractivity contribution is 0.458. The van der Waals surface area contributed by atoms with Crippen LogP contribution >= 0.6 is 34.8 Å². The normalized spacial score (nSPS) is 10.7. The van der Waals surface area contributed by atoms with Crippen LogP contribution in [0.15, 0.2) is 24.4 Å². The fourth-order valence-corrected chi connectivity index (χ4v) is 2.36. The van der Waals surface area contributed by atoms with E-state index in [1.54, 1.807) is 18.3 Å². The van der Waals surface area contributed by atoms with Crippen molar-refractivity contribution in [3.05, 3.63) is 50.6 Å². The van der Waals surface area contributed by atoms with Gasteiger partial charge in [-0.2, -0.15) is 0 Å². The van der Waals surface area contributed by atoms with Crippen molar-refractivity contribution in [1.29, 1.82) is 0 Å². The second-order valence-corrected chi connectivity index (χ2v) is 5.77. The van der Waals surface area contributed by atoms with Crippen LogP contribution in [0.3, 0.4) is 0 Å². The first-order valence-electron chi connectivity index (χ1n) is 6.50. The molecule has 0 atom stereocenters. The molecule has 1 aromatic heterocycles. The summed E-state index contributed by atoms with van der Waals surface area (Å²) in [5.41, 5.74) is 2.02. The number of hydrogen-bond donors (Lipinski definition) is 1. The van der Waals surface area contributed by atoms with Gasteiger partial charge in [-0.25, -0.2) is 4.98 Å². The molecule has 1 N–H and O–H groups in total. The maximum atomic E-state index is 6.10. The topological polar surface area (TPSA) is 34.2 Å². The average Bonchev–Trinajstić information content (AvgIpc) is 2.45. The van der Waals surface area contributed by atoms with Crippen LogP contribution in [-0.4, -0.2) is 11.5 Å². The zero-order valence-corrected chi connectivity index (χ0v) is 14.0. The minimum absolute atomic E-state index is 0.387. The zero-order chi connectivity index (χ0) is 15.4. The van der Waals surface area contributed by atoms with E-state index in [1.165, 1.54) is 0 Å². The molecule has 1 aromatic carbocycles. The molecule has 0 saturated carbocycles. The number of benzene rings is 1. The van der Waals surface area contributed by atoms with Gasteiger partial charge >= 0.3 is 0 Å². The molecule has 0 saturated heterocycles. The van der Waals surface area contributed by atoms with Crippen LogP contribution in [0.1, 0.15) is 18.1 Å². The Labute approximate surface area is 139 Å². The third-order valence-corrected chi connectivity index (χ3v) is 3.86. The van der Waals surface area contributed by atoms with E-state index in [1.807, 2.05) is 13.0 Å². The molecule has 0 aliphatic rings. The van der Waals surface area contributed by atoms with Crippen LogP contribution in [0.2, 0.25) is 15.1 Å². The van der Waals surface area contributed by atoms with Crippen molar-refractivity contribution in [3.8, 4) is 11.6 Å². The summed E-state index contributed by atoms with van der Waals surface area (Å²) in [5, 5.41) is 4.42. The monoisotopic (exact) mass is 344 g/mol. The minimum Gasteiger partial charge on any atom is -0.437 e. The number of nitrogens with one attached hydrogen (secondary N) is 1. The van der Waals surface area contributed by atoms with E-state index in [-0.39, 0.29) is 0 Å². The first-order valence-corrected chi connectivity index (χ1v) is 7.63. The molecular formula is C15H15Cl3N2O. The summed E-state index contributed by atoms with van der Waals surface area (Å²) >= 11 is 18.0. The Morgan fingerprint density at radius 2 is 1.81 bits per heavy atom. The quantitative estimate of drug-likeness (QED) is 0.751. The van der Waals surface area contributed by atoms with E-state index in [0.717, 1.165) is 24.2 Å². The van der Waals surface area contributed by atoms with E-state index in [4.69, 9.17) is 39.5 Å². The second-order valence-electron chi connectivity index (χ2n) is 4.54. The van der Waals surface area contributed by atoms with Gasteiger partial charge in [0.05, 0.1) is 15.1 Å². The summed E-state index contributed by atoms with van der Waals surface area (Å²) in [5.74, 6) is 0.927. The summed E-state index contributed by atoms with van der Waals surface area (Å²) in [6.07, 6.45) is 1.77. The van der Waals surface area contributed by atoms with Crippen molar-refractivity contribution in [1.82, 2.24) is 10.3 Å². The number of halogens is 3. The second kappa shape index (κ2) is 7.32. The molecule has 2 rings (SSSR count). The zero-order valence-electron chi connectivity index (χ0n) is 11.7. The number of nitrogens with zero attached hydrogens (tertiary/aromatic N) is 1. The molecule has 21 heavy (non-hydrogen) atoms. The van der Waals surface area contributed by atoms with Crippen LogP contribution in [0, 0.1) is 6.92 Å². The predicted molar refractivity (Wildman–Crippen MR) is 87.9 cm³/mol. The van der Waals surface area contributed by atoms with Gasteiger partial charge in [0, 0.05) is 24.4 Å². The van der Waals surface area contributed by atoms with E-state index < -0.39 is 0 Å². The molecule has 6 heteroatoms. The molecule has 3 nitrogen and oxygen atoms in total. The average molecular weight is 346 g/mol. The van der Waals surface area contributed by atoms with Gasteiger partial charge in [-0.1, -0.05) is 41.7 Å². The van der Waals surface area contributed by atoms with Gasteiger partial charge in [-0.3, -0.25) is 0 Å². The summed E-state index contributed by atoms with van der Waals surface area (Å²) in [6, 6.07) is 5.16. The van der Waals surface area contributed by atoms with Crippen LogP contribution in [0.25, 0.3) is 0 Å². The molecule has 0 aliphatic carbocycles. The number of ether oxygens (including phenoxy) is 1. The number of hydrogen-bond acceptors (Lipinski definition) is 3. The van der Waals surface area contributed by atoms with Crippen molar-refractivity contribution in [2.45, 2.75) is 20.4 Å². The first kappa shape index (κ1) is 16.4. The van der Waals surface area contributed by atoms with Gasteiger partial charge in [-0.15, -0.1) is 0 Å². The van der Waals surface area contributed by atoms with Crippen molar-refractivity contribution >= 4 is 34.8 Å². The van der Waals surface area contributed by atoms with Gasteiger partial charge in [0.2, 0.25) is 5.88 Å². The van der Waals surface area contributed by atoms with Crippen molar-refractivity contribution in [3.63, 3.8) is 0 Å². The van der Waals surface area contributed by atoms with Crippen LogP contribution in [-0.2, 0) is 6.54 Å². The molecule has 0 amide bonds. The largest absolute Gasteiger partial charge is 0.437 e. The van der Waals surface area contributed by atoms with Gasteiger partial charge in [0.25, 0.3) is 0 Å². The van der Waals surface area contributed by atoms with E-state index in [0.29, 0.717) is 26.7 Å². The highest BCUT2D eigenvalue weighted by atomic mass is 35.5. The molecule has 0 aliphatic heterocycles. The Bertz CT molecular complexity index is 647. The molecule has 112 valence electrons. The maximum Gasteiger partial charge on any atom is 0.222 e. The molecule has 0 spiro atoms. The van der Waals surface area contributed by atoms with Gasteiger partial charge in [0.15, 0.2) is 0 Å².